The van der Waals surface area contributed by atoms with Crippen molar-refractivity contribution in [3.05, 3.63) is 63.8 Å². The first-order valence-electron chi connectivity index (χ1n) is 9.65. The van der Waals surface area contributed by atoms with Crippen LogP contribution >= 0.6 is 11.6 Å². The van der Waals surface area contributed by atoms with Crippen molar-refractivity contribution < 1.29 is 9.15 Å². The molecule has 1 aliphatic rings. The number of nitrogens with zero attached hydrogens (tertiary/aromatic N) is 2. The third-order valence-electron chi connectivity index (χ3n) is 5.15. The Morgan fingerprint density at radius 1 is 1.10 bits per heavy atom. The summed E-state index contributed by atoms with van der Waals surface area (Å²) in [5, 5.41) is 3.94. The van der Waals surface area contributed by atoms with Crippen LogP contribution in [0.1, 0.15) is 0 Å². The summed E-state index contributed by atoms with van der Waals surface area (Å²) in [5.41, 5.74) is 7.65. The number of rotatable bonds is 3. The fraction of sp³-hybridized carbons (Fsp3) is 0.182. The van der Waals surface area contributed by atoms with Crippen LogP contribution in [0, 0.1) is 0 Å². The molecule has 2 aromatic heterocycles. The van der Waals surface area contributed by atoms with Crippen LogP contribution in [0.2, 0.25) is 5.02 Å². The summed E-state index contributed by atoms with van der Waals surface area (Å²) >= 11 is 6.17. The van der Waals surface area contributed by atoms with Crippen molar-refractivity contribution in [3.63, 3.8) is 0 Å². The van der Waals surface area contributed by atoms with Gasteiger partial charge >= 0.3 is 0 Å². The Morgan fingerprint density at radius 2 is 1.90 bits per heavy atom. The summed E-state index contributed by atoms with van der Waals surface area (Å²) in [7, 11) is 0. The average molecular weight is 423 g/mol. The number of pyridine rings is 1. The summed E-state index contributed by atoms with van der Waals surface area (Å²) < 4.78 is 11.9. The summed E-state index contributed by atoms with van der Waals surface area (Å²) in [6.45, 7) is 3.76. The number of hydrogen-bond donors (Lipinski definition) is 2. The highest BCUT2D eigenvalue weighted by Crippen LogP contribution is 2.32. The van der Waals surface area contributed by atoms with E-state index >= 15 is 0 Å². The van der Waals surface area contributed by atoms with Gasteiger partial charge in [-0.15, -0.1) is 0 Å². The minimum Gasteiger partial charge on any atom is -0.454 e. The zero-order chi connectivity index (χ0) is 20.7. The number of nitrogens with one attached hydrogen (secondary N) is 1. The third-order valence-corrected chi connectivity index (χ3v) is 5.46. The van der Waals surface area contributed by atoms with E-state index in [-0.39, 0.29) is 27.7 Å². The molecule has 0 spiro atoms. The van der Waals surface area contributed by atoms with E-state index in [0.29, 0.717) is 22.1 Å². The largest absolute Gasteiger partial charge is 0.454 e. The number of hydrogen-bond acceptors (Lipinski definition) is 7. The van der Waals surface area contributed by atoms with E-state index in [2.05, 4.69) is 21.3 Å². The van der Waals surface area contributed by atoms with E-state index in [1.807, 2.05) is 18.2 Å². The van der Waals surface area contributed by atoms with E-state index < -0.39 is 0 Å². The molecule has 0 atom stereocenters. The Labute approximate surface area is 177 Å². The predicted molar refractivity (Wildman–Crippen MR) is 119 cm³/mol. The van der Waals surface area contributed by atoms with Crippen molar-refractivity contribution in [2.75, 3.05) is 36.8 Å². The van der Waals surface area contributed by atoms with Gasteiger partial charge in [0, 0.05) is 44.0 Å². The van der Waals surface area contributed by atoms with E-state index in [9.17, 15) is 4.79 Å². The molecule has 0 amide bonds. The molecule has 0 radical (unpaired) electrons. The Morgan fingerprint density at radius 3 is 2.73 bits per heavy atom. The molecule has 0 unspecified atom stereocenters. The molecule has 152 valence electrons. The maximum Gasteiger partial charge on any atom is 0.220 e. The number of aromatic nitrogens is 1. The Kier molecular flexibility index (Phi) is 4.69. The zero-order valence-corrected chi connectivity index (χ0v) is 16.8. The van der Waals surface area contributed by atoms with Gasteiger partial charge in [-0.25, -0.2) is 4.98 Å². The van der Waals surface area contributed by atoms with Crippen LogP contribution in [0.25, 0.3) is 22.1 Å². The number of ether oxygens (including phenoxy) is 1. The SMILES string of the molecule is Nc1nc2c(=O)c3c(Cl)cccc3oc2cc1Oc1cccc(N2CCNCC2)c1. The summed E-state index contributed by atoms with van der Waals surface area (Å²) in [4.78, 5) is 19.4. The van der Waals surface area contributed by atoms with Crippen molar-refractivity contribution in [3.8, 4) is 11.5 Å². The molecule has 7 nitrogen and oxygen atoms in total. The predicted octanol–water partition coefficient (Wildman–Crippen LogP) is 3.78. The molecule has 3 N–H and O–H groups in total. The van der Waals surface area contributed by atoms with E-state index in [1.165, 1.54) is 0 Å². The highest BCUT2D eigenvalue weighted by Gasteiger charge is 2.16. The molecule has 4 aromatic rings. The topological polar surface area (TPSA) is 93.6 Å². The lowest BCUT2D eigenvalue weighted by atomic mass is 10.2. The van der Waals surface area contributed by atoms with Crippen molar-refractivity contribution in [1.82, 2.24) is 10.3 Å². The van der Waals surface area contributed by atoms with Crippen molar-refractivity contribution in [2.45, 2.75) is 0 Å². The lowest BCUT2D eigenvalue weighted by Gasteiger charge is -2.29. The lowest BCUT2D eigenvalue weighted by molar-refractivity contribution is 0.482. The number of benzene rings is 2. The van der Waals surface area contributed by atoms with Crippen molar-refractivity contribution in [1.29, 1.82) is 0 Å². The maximum atomic E-state index is 12.8. The van der Waals surface area contributed by atoms with Gasteiger partial charge in [0.15, 0.2) is 22.7 Å². The van der Waals surface area contributed by atoms with Gasteiger partial charge in [0.05, 0.1) is 10.4 Å². The first-order valence-corrected chi connectivity index (χ1v) is 10.0. The lowest BCUT2D eigenvalue weighted by Crippen LogP contribution is -2.43. The van der Waals surface area contributed by atoms with Crippen LogP contribution in [0.3, 0.4) is 0 Å². The smallest absolute Gasteiger partial charge is 0.220 e. The molecule has 1 saturated heterocycles. The quantitative estimate of drug-likeness (QED) is 0.485. The Balaban J connectivity index is 1.54. The zero-order valence-electron chi connectivity index (χ0n) is 16.0. The number of nitrogens with two attached hydrogens (primary N) is 1. The molecule has 0 saturated carbocycles. The molecule has 30 heavy (non-hydrogen) atoms. The molecule has 0 bridgehead atoms. The molecule has 1 fully saturated rings. The van der Waals surface area contributed by atoms with Crippen molar-refractivity contribution >= 4 is 45.2 Å². The summed E-state index contributed by atoms with van der Waals surface area (Å²) in [6, 6.07) is 14.5. The van der Waals surface area contributed by atoms with Crippen LogP contribution in [0.5, 0.6) is 11.5 Å². The van der Waals surface area contributed by atoms with Gasteiger partial charge in [-0.1, -0.05) is 23.7 Å². The van der Waals surface area contributed by atoms with E-state index in [1.54, 1.807) is 24.3 Å². The molecule has 0 aliphatic carbocycles. The normalized spacial score (nSPS) is 14.4. The van der Waals surface area contributed by atoms with Gasteiger partial charge in [-0.2, -0.15) is 0 Å². The second-order valence-electron chi connectivity index (χ2n) is 7.10. The minimum absolute atomic E-state index is 0.105. The van der Waals surface area contributed by atoms with E-state index in [4.69, 9.17) is 26.5 Å². The molecule has 5 rings (SSSR count). The van der Waals surface area contributed by atoms with Crippen LogP contribution < -0.4 is 26.1 Å². The number of nitrogen functional groups attached to an aromatic ring is 1. The van der Waals surface area contributed by atoms with Gasteiger partial charge < -0.3 is 25.1 Å². The van der Waals surface area contributed by atoms with Crippen LogP contribution in [0.15, 0.2) is 57.7 Å². The average Bonchev–Trinajstić information content (AvgIpc) is 2.76. The molecule has 2 aromatic carbocycles. The Bertz CT molecular complexity index is 1320. The Hall–Kier alpha value is -3.29. The molecule has 8 heteroatoms. The van der Waals surface area contributed by atoms with Gasteiger partial charge in [0.1, 0.15) is 11.3 Å². The second-order valence-corrected chi connectivity index (χ2v) is 7.51. The van der Waals surface area contributed by atoms with Gasteiger partial charge in [0.2, 0.25) is 5.43 Å². The minimum atomic E-state index is -0.323. The fourth-order valence-electron chi connectivity index (χ4n) is 3.65. The molecule has 1 aliphatic heterocycles. The third kappa shape index (κ3) is 3.32. The van der Waals surface area contributed by atoms with Gasteiger partial charge in [-0.05, 0) is 24.3 Å². The number of halogens is 1. The molecule has 3 heterocycles. The second kappa shape index (κ2) is 7.51. The number of piperazine rings is 1. The summed E-state index contributed by atoms with van der Waals surface area (Å²) in [5.74, 6) is 1.06. The number of anilines is 2. The van der Waals surface area contributed by atoms with Crippen LogP contribution in [-0.2, 0) is 0 Å². The van der Waals surface area contributed by atoms with Crippen LogP contribution in [-0.4, -0.2) is 31.2 Å². The van der Waals surface area contributed by atoms with Gasteiger partial charge in [0.25, 0.3) is 0 Å². The van der Waals surface area contributed by atoms with Crippen molar-refractivity contribution in [2.24, 2.45) is 0 Å². The molecular weight excluding hydrogens is 404 g/mol. The summed E-state index contributed by atoms with van der Waals surface area (Å²) in [6.07, 6.45) is 0. The fourth-order valence-corrected chi connectivity index (χ4v) is 3.91. The first-order chi connectivity index (χ1) is 14.6. The highest BCUT2D eigenvalue weighted by atomic mass is 35.5. The maximum absolute atomic E-state index is 12.8. The monoisotopic (exact) mass is 422 g/mol. The standard InChI is InChI=1S/C22H19ClN4O3/c23-15-5-2-6-16-19(15)21(28)20-17(30-16)12-18(22(24)26-20)29-14-4-1-3-13(11-14)27-9-7-25-8-10-27/h1-6,11-12,25H,7-10H2,(H2,24,26). The first kappa shape index (κ1) is 18.7. The highest BCUT2D eigenvalue weighted by molar-refractivity contribution is 6.35. The molecular formula is C22H19ClN4O3. The number of fused-ring (bicyclic) bond motifs is 2. The van der Waals surface area contributed by atoms with E-state index in [0.717, 1.165) is 31.9 Å². The van der Waals surface area contributed by atoms with Gasteiger partial charge in [-0.3, -0.25) is 4.79 Å². The van der Waals surface area contributed by atoms with Crippen LogP contribution in [0.4, 0.5) is 11.5 Å².